The van der Waals surface area contributed by atoms with Crippen molar-refractivity contribution in [2.45, 2.75) is 30.4 Å². The summed E-state index contributed by atoms with van der Waals surface area (Å²) in [6.45, 7) is 2.13. The highest BCUT2D eigenvalue weighted by molar-refractivity contribution is 7.99. The summed E-state index contributed by atoms with van der Waals surface area (Å²) in [4.78, 5) is 0. The molecule has 0 aromatic heterocycles. The van der Waals surface area contributed by atoms with Crippen LogP contribution in [0.1, 0.15) is 30.5 Å². The smallest absolute Gasteiger partial charge is 0.123 e. The zero-order valence-electron chi connectivity index (χ0n) is 8.16. The Kier molecular flexibility index (Phi) is 2.79. The van der Waals surface area contributed by atoms with Crippen molar-refractivity contribution in [1.82, 2.24) is 0 Å². The monoisotopic (exact) mass is 211 g/mol. The second-order valence-electron chi connectivity index (χ2n) is 3.63. The van der Waals surface area contributed by atoms with Crippen LogP contribution >= 0.6 is 11.8 Å². The van der Waals surface area contributed by atoms with E-state index in [2.05, 4.69) is 6.92 Å². The van der Waals surface area contributed by atoms with Crippen LogP contribution < -0.4 is 5.73 Å². The Balaban J connectivity index is 2.38. The van der Waals surface area contributed by atoms with Crippen LogP contribution in [0.15, 0.2) is 18.2 Å². The van der Waals surface area contributed by atoms with Crippen molar-refractivity contribution in [1.29, 1.82) is 0 Å². The molecule has 1 aliphatic rings. The highest BCUT2D eigenvalue weighted by Gasteiger charge is 2.25. The van der Waals surface area contributed by atoms with Crippen molar-refractivity contribution < 1.29 is 4.39 Å². The number of hydrogen-bond donors (Lipinski definition) is 1. The molecule has 0 saturated carbocycles. The lowest BCUT2D eigenvalue weighted by Crippen LogP contribution is -2.27. The third kappa shape index (κ3) is 1.66. The van der Waals surface area contributed by atoms with E-state index in [0.717, 1.165) is 17.7 Å². The molecule has 0 aliphatic carbocycles. The van der Waals surface area contributed by atoms with Gasteiger partial charge in [0.2, 0.25) is 0 Å². The SMILES string of the molecule is CCC1SCc2ccc(F)cc2C1N. The van der Waals surface area contributed by atoms with Crippen LogP contribution in [0.3, 0.4) is 0 Å². The van der Waals surface area contributed by atoms with E-state index >= 15 is 0 Å². The van der Waals surface area contributed by atoms with Gasteiger partial charge in [0.05, 0.1) is 0 Å². The van der Waals surface area contributed by atoms with Crippen molar-refractivity contribution in [3.05, 3.63) is 35.1 Å². The maximum atomic E-state index is 13.0. The van der Waals surface area contributed by atoms with Gasteiger partial charge in [-0.15, -0.1) is 0 Å². The van der Waals surface area contributed by atoms with E-state index < -0.39 is 0 Å². The van der Waals surface area contributed by atoms with Gasteiger partial charge in [-0.3, -0.25) is 0 Å². The van der Waals surface area contributed by atoms with E-state index in [0.29, 0.717) is 5.25 Å². The van der Waals surface area contributed by atoms with Crippen molar-refractivity contribution in [3.63, 3.8) is 0 Å². The minimum atomic E-state index is -0.180. The fraction of sp³-hybridized carbons (Fsp3) is 0.455. The molecule has 1 aromatic carbocycles. The summed E-state index contributed by atoms with van der Waals surface area (Å²) in [5, 5.41) is 0.435. The Labute approximate surface area is 87.9 Å². The standard InChI is InChI=1S/C11H14FNS/c1-2-10-11(13)9-5-8(12)4-3-7(9)6-14-10/h3-5,10-11H,2,6,13H2,1H3. The predicted molar refractivity (Wildman–Crippen MR) is 58.7 cm³/mol. The minimum absolute atomic E-state index is 0.00977. The Hall–Kier alpha value is -0.540. The summed E-state index contributed by atoms with van der Waals surface area (Å²) < 4.78 is 13.0. The lowest BCUT2D eigenvalue weighted by molar-refractivity contribution is 0.604. The number of hydrogen-bond acceptors (Lipinski definition) is 2. The lowest BCUT2D eigenvalue weighted by atomic mass is 9.97. The third-order valence-electron chi connectivity index (χ3n) is 2.72. The second-order valence-corrected chi connectivity index (χ2v) is 4.85. The van der Waals surface area contributed by atoms with Gasteiger partial charge in [0.1, 0.15) is 5.82 Å². The Morgan fingerprint density at radius 2 is 2.36 bits per heavy atom. The average molecular weight is 211 g/mol. The van der Waals surface area contributed by atoms with Crippen molar-refractivity contribution in [3.8, 4) is 0 Å². The average Bonchev–Trinajstić information content (AvgIpc) is 2.20. The molecule has 2 atom stereocenters. The molecule has 76 valence electrons. The molecule has 3 heteroatoms. The van der Waals surface area contributed by atoms with Crippen LogP contribution in [-0.4, -0.2) is 5.25 Å². The highest BCUT2D eigenvalue weighted by atomic mass is 32.2. The van der Waals surface area contributed by atoms with E-state index in [-0.39, 0.29) is 11.9 Å². The van der Waals surface area contributed by atoms with Gasteiger partial charge in [0.25, 0.3) is 0 Å². The number of nitrogens with two attached hydrogens (primary N) is 1. The minimum Gasteiger partial charge on any atom is -0.323 e. The normalized spacial score (nSPS) is 25.9. The molecular formula is C11H14FNS. The first-order valence-corrected chi connectivity index (χ1v) is 5.92. The fourth-order valence-corrected chi connectivity index (χ4v) is 3.13. The molecule has 2 unspecified atom stereocenters. The molecule has 2 N–H and O–H groups in total. The van der Waals surface area contributed by atoms with Gasteiger partial charge < -0.3 is 5.73 Å². The van der Waals surface area contributed by atoms with Crippen LogP contribution in [0.4, 0.5) is 4.39 Å². The molecule has 0 spiro atoms. The van der Waals surface area contributed by atoms with Crippen LogP contribution in [0.5, 0.6) is 0 Å². The van der Waals surface area contributed by atoms with E-state index in [9.17, 15) is 4.39 Å². The summed E-state index contributed by atoms with van der Waals surface area (Å²) in [6, 6.07) is 4.94. The van der Waals surface area contributed by atoms with Crippen molar-refractivity contribution in [2.75, 3.05) is 0 Å². The van der Waals surface area contributed by atoms with Gasteiger partial charge in [-0.2, -0.15) is 11.8 Å². The molecule has 0 bridgehead atoms. The van der Waals surface area contributed by atoms with Crippen molar-refractivity contribution in [2.24, 2.45) is 5.73 Å². The Morgan fingerprint density at radius 1 is 1.57 bits per heavy atom. The van der Waals surface area contributed by atoms with Gasteiger partial charge in [-0.05, 0) is 29.7 Å². The summed E-state index contributed by atoms with van der Waals surface area (Å²) in [5.74, 6) is 0.780. The van der Waals surface area contributed by atoms with E-state index in [1.807, 2.05) is 17.8 Å². The Morgan fingerprint density at radius 3 is 3.07 bits per heavy atom. The zero-order valence-corrected chi connectivity index (χ0v) is 8.98. The van der Waals surface area contributed by atoms with Crippen LogP contribution in [0.2, 0.25) is 0 Å². The van der Waals surface area contributed by atoms with E-state index in [1.165, 1.54) is 11.6 Å². The van der Waals surface area contributed by atoms with Gasteiger partial charge in [0, 0.05) is 17.0 Å². The van der Waals surface area contributed by atoms with Crippen LogP contribution in [0.25, 0.3) is 0 Å². The van der Waals surface area contributed by atoms with Gasteiger partial charge in [-0.25, -0.2) is 4.39 Å². The molecule has 0 amide bonds. The number of thioether (sulfide) groups is 1. The molecule has 1 aromatic rings. The molecule has 0 saturated heterocycles. The number of rotatable bonds is 1. The topological polar surface area (TPSA) is 26.0 Å². The molecule has 2 rings (SSSR count). The van der Waals surface area contributed by atoms with Crippen molar-refractivity contribution >= 4 is 11.8 Å². The summed E-state index contributed by atoms with van der Waals surface area (Å²) in [5.41, 5.74) is 8.27. The molecule has 0 radical (unpaired) electrons. The molecule has 1 heterocycles. The first-order chi connectivity index (χ1) is 6.72. The number of benzene rings is 1. The maximum absolute atomic E-state index is 13.0. The second kappa shape index (κ2) is 3.91. The first-order valence-electron chi connectivity index (χ1n) is 4.88. The number of halogens is 1. The Bertz CT molecular complexity index is 340. The predicted octanol–water partition coefficient (Wildman–Crippen LogP) is 2.85. The molecule has 14 heavy (non-hydrogen) atoms. The third-order valence-corrected chi connectivity index (χ3v) is 4.26. The fourth-order valence-electron chi connectivity index (χ4n) is 1.88. The summed E-state index contributed by atoms with van der Waals surface area (Å²) in [6.07, 6.45) is 1.04. The van der Waals surface area contributed by atoms with Crippen LogP contribution in [0, 0.1) is 5.82 Å². The lowest BCUT2D eigenvalue weighted by Gasteiger charge is -2.29. The largest absolute Gasteiger partial charge is 0.323 e. The summed E-state index contributed by atoms with van der Waals surface area (Å²) >= 11 is 1.87. The number of fused-ring (bicyclic) bond motifs is 1. The maximum Gasteiger partial charge on any atom is 0.123 e. The van der Waals surface area contributed by atoms with Gasteiger partial charge >= 0.3 is 0 Å². The summed E-state index contributed by atoms with van der Waals surface area (Å²) in [7, 11) is 0. The molecule has 1 nitrogen and oxygen atoms in total. The van der Waals surface area contributed by atoms with Gasteiger partial charge in [-0.1, -0.05) is 13.0 Å². The highest BCUT2D eigenvalue weighted by Crippen LogP contribution is 2.37. The van der Waals surface area contributed by atoms with E-state index in [4.69, 9.17) is 5.73 Å². The molecule has 1 aliphatic heterocycles. The first kappa shape index (κ1) is 9.99. The van der Waals surface area contributed by atoms with Gasteiger partial charge in [0.15, 0.2) is 0 Å². The molecule has 0 fully saturated rings. The molecular weight excluding hydrogens is 197 g/mol. The quantitative estimate of drug-likeness (QED) is 0.773. The zero-order chi connectivity index (χ0) is 10.1. The van der Waals surface area contributed by atoms with E-state index in [1.54, 1.807) is 6.07 Å². The van der Waals surface area contributed by atoms with Crippen LogP contribution in [-0.2, 0) is 5.75 Å².